The van der Waals surface area contributed by atoms with Crippen LogP contribution in [-0.4, -0.2) is 32.8 Å². The van der Waals surface area contributed by atoms with Crippen molar-refractivity contribution in [1.82, 2.24) is 20.7 Å². The van der Waals surface area contributed by atoms with Crippen LogP contribution < -0.4 is 10.6 Å². The van der Waals surface area contributed by atoms with Crippen LogP contribution in [0.3, 0.4) is 0 Å². The van der Waals surface area contributed by atoms with Crippen LogP contribution in [0.5, 0.6) is 0 Å². The van der Waals surface area contributed by atoms with Gasteiger partial charge in [0.15, 0.2) is 5.82 Å². The van der Waals surface area contributed by atoms with Crippen LogP contribution in [0.15, 0.2) is 46.0 Å². The lowest BCUT2D eigenvalue weighted by Crippen LogP contribution is -2.38. The van der Waals surface area contributed by atoms with Crippen molar-refractivity contribution in [3.8, 4) is 11.3 Å². The third kappa shape index (κ3) is 4.98. The van der Waals surface area contributed by atoms with Crippen LogP contribution in [0.2, 0.25) is 5.02 Å². The Morgan fingerprint density at radius 1 is 1.25 bits per heavy atom. The minimum Gasteiger partial charge on any atom is -0.361 e. The van der Waals surface area contributed by atoms with Gasteiger partial charge in [-0.2, -0.15) is 5.10 Å². The van der Waals surface area contributed by atoms with Crippen molar-refractivity contribution in [3.05, 3.63) is 52.9 Å². The van der Waals surface area contributed by atoms with Gasteiger partial charge in [0.2, 0.25) is 5.96 Å². The standard InChI is InChI=1S/C19H21ClN6O2/c1-11-14(10-21-28-11)17(27)23-18(24-19(2,3)4)22-16-9-15(25-26-16)12-5-7-13(20)8-6-12/h5-10H,1-4H3,(H3,22,23,24,25,26,27). The number of carbonyl (C=O) groups excluding carboxylic acids is 1. The third-order valence-electron chi connectivity index (χ3n) is 3.65. The van der Waals surface area contributed by atoms with E-state index in [2.05, 4.69) is 31.0 Å². The molecule has 0 spiro atoms. The molecule has 0 saturated carbocycles. The summed E-state index contributed by atoms with van der Waals surface area (Å²) < 4.78 is 4.95. The van der Waals surface area contributed by atoms with E-state index in [1.807, 2.05) is 39.0 Å². The zero-order chi connectivity index (χ0) is 20.3. The predicted octanol–water partition coefficient (Wildman–Crippen LogP) is 4.02. The van der Waals surface area contributed by atoms with E-state index in [0.29, 0.717) is 22.2 Å². The summed E-state index contributed by atoms with van der Waals surface area (Å²) in [5.74, 6) is 0.836. The Kier molecular flexibility index (Phi) is 5.51. The summed E-state index contributed by atoms with van der Waals surface area (Å²) in [6.45, 7) is 7.45. The van der Waals surface area contributed by atoms with Gasteiger partial charge >= 0.3 is 0 Å². The predicted molar refractivity (Wildman–Crippen MR) is 109 cm³/mol. The van der Waals surface area contributed by atoms with Crippen molar-refractivity contribution < 1.29 is 9.32 Å². The Morgan fingerprint density at radius 2 is 1.96 bits per heavy atom. The lowest BCUT2D eigenvalue weighted by molar-refractivity contribution is 0.0975. The number of hydrogen-bond donors (Lipinski definition) is 3. The summed E-state index contributed by atoms with van der Waals surface area (Å²) in [5.41, 5.74) is 1.65. The summed E-state index contributed by atoms with van der Waals surface area (Å²) >= 11 is 5.93. The molecule has 3 aromatic rings. The van der Waals surface area contributed by atoms with Crippen molar-refractivity contribution in [2.24, 2.45) is 4.99 Å². The molecule has 2 aromatic heterocycles. The van der Waals surface area contributed by atoms with Gasteiger partial charge in [-0.3, -0.25) is 15.2 Å². The number of rotatable bonds is 3. The molecule has 3 rings (SSSR count). The fourth-order valence-corrected chi connectivity index (χ4v) is 2.52. The maximum atomic E-state index is 12.5. The monoisotopic (exact) mass is 400 g/mol. The molecule has 2 heterocycles. The molecular weight excluding hydrogens is 380 g/mol. The van der Waals surface area contributed by atoms with Gasteiger partial charge in [-0.05, 0) is 45.4 Å². The Bertz CT molecular complexity index is 998. The molecule has 0 aliphatic rings. The van der Waals surface area contributed by atoms with E-state index in [4.69, 9.17) is 16.1 Å². The fourth-order valence-electron chi connectivity index (χ4n) is 2.40. The van der Waals surface area contributed by atoms with Gasteiger partial charge in [0.1, 0.15) is 11.3 Å². The van der Waals surface area contributed by atoms with Gasteiger partial charge in [0, 0.05) is 11.1 Å². The maximum Gasteiger partial charge on any atom is 0.263 e. The number of carbonyl (C=O) groups is 1. The number of nitrogens with zero attached hydrogens (tertiary/aromatic N) is 3. The van der Waals surface area contributed by atoms with Crippen LogP contribution in [0.1, 0.15) is 36.9 Å². The summed E-state index contributed by atoms with van der Waals surface area (Å²) in [5, 5.41) is 17.3. The molecule has 0 fully saturated rings. The number of hydrogen-bond acceptors (Lipinski definition) is 5. The minimum absolute atomic E-state index is 0.271. The molecule has 0 aliphatic carbocycles. The van der Waals surface area contributed by atoms with Crippen molar-refractivity contribution in [1.29, 1.82) is 0 Å². The van der Waals surface area contributed by atoms with Crippen LogP contribution in [0, 0.1) is 6.92 Å². The number of anilines is 1. The first kappa shape index (κ1) is 19.6. The van der Waals surface area contributed by atoms with E-state index in [1.165, 1.54) is 6.20 Å². The number of benzene rings is 1. The molecular formula is C19H21ClN6O2. The lowest BCUT2D eigenvalue weighted by atomic mass is 10.1. The molecule has 3 N–H and O–H groups in total. The summed E-state index contributed by atoms with van der Waals surface area (Å²) in [6.07, 6.45) is 1.37. The highest BCUT2D eigenvalue weighted by Crippen LogP contribution is 2.22. The fraction of sp³-hybridized carbons (Fsp3) is 0.263. The highest BCUT2D eigenvalue weighted by molar-refractivity contribution is 6.30. The SMILES string of the molecule is Cc1oncc1C(=O)NC(=NC(C)(C)C)Nc1cc(-c2ccc(Cl)cc2)[nH]n1. The zero-order valence-corrected chi connectivity index (χ0v) is 16.8. The third-order valence-corrected chi connectivity index (χ3v) is 3.91. The van der Waals surface area contributed by atoms with Gasteiger partial charge in [0.05, 0.1) is 17.4 Å². The second-order valence-corrected chi connectivity index (χ2v) is 7.62. The van der Waals surface area contributed by atoms with Crippen molar-refractivity contribution >= 4 is 29.3 Å². The average Bonchev–Trinajstić information content (AvgIpc) is 3.23. The number of aromatic nitrogens is 3. The first-order valence-electron chi connectivity index (χ1n) is 8.62. The number of aromatic amines is 1. The van der Waals surface area contributed by atoms with E-state index in [-0.39, 0.29) is 11.9 Å². The molecule has 28 heavy (non-hydrogen) atoms. The number of amides is 1. The van der Waals surface area contributed by atoms with Crippen molar-refractivity contribution in [2.75, 3.05) is 5.32 Å². The number of aliphatic imine (C=N–C) groups is 1. The van der Waals surface area contributed by atoms with E-state index >= 15 is 0 Å². The summed E-state index contributed by atoms with van der Waals surface area (Å²) in [7, 11) is 0. The minimum atomic E-state index is -0.422. The number of H-pyrrole nitrogens is 1. The Hall–Kier alpha value is -3.13. The Balaban J connectivity index is 1.80. The zero-order valence-electron chi connectivity index (χ0n) is 16.0. The van der Waals surface area contributed by atoms with E-state index in [9.17, 15) is 4.79 Å². The van der Waals surface area contributed by atoms with Gasteiger partial charge in [-0.15, -0.1) is 0 Å². The second-order valence-electron chi connectivity index (χ2n) is 7.18. The molecule has 146 valence electrons. The Morgan fingerprint density at radius 3 is 2.57 bits per heavy atom. The highest BCUT2D eigenvalue weighted by atomic mass is 35.5. The molecule has 0 saturated heterocycles. The van der Waals surface area contributed by atoms with Gasteiger partial charge < -0.3 is 9.84 Å². The van der Waals surface area contributed by atoms with Gasteiger partial charge in [0.25, 0.3) is 5.91 Å². The molecule has 1 amide bonds. The van der Waals surface area contributed by atoms with Crippen LogP contribution in [0.4, 0.5) is 5.82 Å². The number of nitrogens with one attached hydrogen (secondary N) is 3. The summed E-state index contributed by atoms with van der Waals surface area (Å²) in [6, 6.07) is 9.20. The highest BCUT2D eigenvalue weighted by Gasteiger charge is 2.18. The van der Waals surface area contributed by atoms with Crippen LogP contribution >= 0.6 is 11.6 Å². The largest absolute Gasteiger partial charge is 0.361 e. The van der Waals surface area contributed by atoms with Gasteiger partial charge in [-0.1, -0.05) is 28.9 Å². The first-order chi connectivity index (χ1) is 13.2. The summed E-state index contributed by atoms with van der Waals surface area (Å²) in [4.78, 5) is 17.0. The quantitative estimate of drug-likeness (QED) is 0.454. The molecule has 9 heteroatoms. The molecule has 8 nitrogen and oxygen atoms in total. The molecule has 0 atom stereocenters. The number of halogens is 1. The normalized spacial score (nSPS) is 12.1. The van der Waals surface area contributed by atoms with E-state index in [0.717, 1.165) is 11.3 Å². The smallest absolute Gasteiger partial charge is 0.263 e. The molecule has 0 aliphatic heterocycles. The molecule has 1 aromatic carbocycles. The van der Waals surface area contributed by atoms with Crippen LogP contribution in [-0.2, 0) is 0 Å². The molecule has 0 radical (unpaired) electrons. The van der Waals surface area contributed by atoms with Crippen molar-refractivity contribution in [2.45, 2.75) is 33.2 Å². The first-order valence-corrected chi connectivity index (χ1v) is 9.00. The second kappa shape index (κ2) is 7.85. The molecule has 0 unspecified atom stereocenters. The van der Waals surface area contributed by atoms with E-state index < -0.39 is 5.54 Å². The van der Waals surface area contributed by atoms with Crippen LogP contribution in [0.25, 0.3) is 11.3 Å². The Labute approximate surface area is 167 Å². The van der Waals surface area contributed by atoms with E-state index in [1.54, 1.807) is 19.1 Å². The van der Waals surface area contributed by atoms with Crippen molar-refractivity contribution in [3.63, 3.8) is 0 Å². The van der Waals surface area contributed by atoms with Gasteiger partial charge in [-0.25, -0.2) is 4.99 Å². The maximum absolute atomic E-state index is 12.5. The topological polar surface area (TPSA) is 108 Å². The number of aryl methyl sites for hydroxylation is 1. The average molecular weight is 401 g/mol. The molecule has 0 bridgehead atoms. The lowest BCUT2D eigenvalue weighted by Gasteiger charge is -2.16. The number of guanidine groups is 1.